The van der Waals surface area contributed by atoms with Gasteiger partial charge in [-0.2, -0.15) is 5.10 Å². The molecular weight excluding hydrogens is 248 g/mol. The Labute approximate surface area is 110 Å². The van der Waals surface area contributed by atoms with E-state index in [1.807, 2.05) is 12.1 Å². The molecule has 94 valence electrons. The van der Waals surface area contributed by atoms with Crippen molar-refractivity contribution < 1.29 is 5.11 Å². The van der Waals surface area contributed by atoms with Crippen LogP contribution in [-0.4, -0.2) is 15.3 Å². The molecule has 1 aromatic heterocycles. The number of hydrogen-bond donors (Lipinski definition) is 2. The maximum atomic E-state index is 10.8. The van der Waals surface area contributed by atoms with Gasteiger partial charge in [-0.15, -0.1) is 0 Å². The van der Waals surface area contributed by atoms with Crippen LogP contribution in [0.4, 0.5) is 0 Å². The lowest BCUT2D eigenvalue weighted by Crippen LogP contribution is -2.16. The van der Waals surface area contributed by atoms with Gasteiger partial charge in [-0.05, 0) is 43.7 Å². The van der Waals surface area contributed by atoms with Gasteiger partial charge >= 0.3 is 0 Å². The van der Waals surface area contributed by atoms with Gasteiger partial charge in [0.2, 0.25) is 0 Å². The maximum Gasteiger partial charge on any atom is 0.0870 e. The van der Waals surface area contributed by atoms with Gasteiger partial charge in [-0.25, -0.2) is 0 Å². The smallest absolute Gasteiger partial charge is 0.0870 e. The van der Waals surface area contributed by atoms with Crippen LogP contribution in [0.25, 0.3) is 10.9 Å². The molecular formula is C14H15ClN2O. The topological polar surface area (TPSA) is 48.9 Å². The van der Waals surface area contributed by atoms with E-state index < -0.39 is 6.10 Å². The summed E-state index contributed by atoms with van der Waals surface area (Å²) in [5, 5.41) is 19.4. The third-order valence-electron chi connectivity index (χ3n) is 4.60. The third-order valence-corrected chi connectivity index (χ3v) is 4.82. The summed E-state index contributed by atoms with van der Waals surface area (Å²) >= 11 is 6.14. The summed E-state index contributed by atoms with van der Waals surface area (Å²) in [4.78, 5) is 0. The standard InChI is InChI=1S/C14H15ClN2O/c15-10-5-8-7-16-17-12(8)11(6-10)13(18)14(3-4-14)9-1-2-9/h5-7,9,13,18H,1-4H2,(H,16,17). The minimum atomic E-state index is -0.411. The lowest BCUT2D eigenvalue weighted by atomic mass is 9.87. The van der Waals surface area contributed by atoms with Gasteiger partial charge in [0.15, 0.2) is 0 Å². The highest BCUT2D eigenvalue weighted by molar-refractivity contribution is 6.31. The maximum absolute atomic E-state index is 10.8. The first kappa shape index (κ1) is 10.8. The first-order chi connectivity index (χ1) is 8.71. The van der Waals surface area contributed by atoms with Crippen LogP contribution in [0, 0.1) is 11.3 Å². The molecule has 0 spiro atoms. The summed E-state index contributed by atoms with van der Waals surface area (Å²) in [5.74, 6) is 0.712. The second-order valence-electron chi connectivity index (χ2n) is 5.74. The molecule has 1 aromatic carbocycles. The number of hydrogen-bond acceptors (Lipinski definition) is 2. The highest BCUT2D eigenvalue weighted by atomic mass is 35.5. The predicted molar refractivity (Wildman–Crippen MR) is 70.5 cm³/mol. The van der Waals surface area contributed by atoms with Gasteiger partial charge < -0.3 is 5.11 Å². The van der Waals surface area contributed by atoms with Gasteiger partial charge in [0.05, 0.1) is 17.8 Å². The Bertz CT molecular complexity index is 613. The molecule has 1 heterocycles. The largest absolute Gasteiger partial charge is 0.388 e. The number of fused-ring (bicyclic) bond motifs is 1. The minimum absolute atomic E-state index is 0.128. The second kappa shape index (κ2) is 3.49. The summed E-state index contributed by atoms with van der Waals surface area (Å²) in [7, 11) is 0. The molecule has 2 aromatic rings. The zero-order valence-corrected chi connectivity index (χ0v) is 10.7. The normalized spacial score (nSPS) is 23.2. The molecule has 0 bridgehead atoms. The second-order valence-corrected chi connectivity index (χ2v) is 6.18. The SMILES string of the molecule is OC(c1cc(Cl)cc2cn[nH]c12)C1(C2CC2)CC1. The number of aliphatic hydroxyl groups excluding tert-OH is 1. The number of aromatic nitrogens is 2. The Kier molecular flexibility index (Phi) is 2.10. The molecule has 2 aliphatic rings. The Morgan fingerprint density at radius 2 is 2.17 bits per heavy atom. The van der Waals surface area contributed by atoms with Crippen molar-refractivity contribution >= 4 is 22.5 Å². The molecule has 4 heteroatoms. The molecule has 0 radical (unpaired) electrons. The van der Waals surface area contributed by atoms with E-state index >= 15 is 0 Å². The number of benzene rings is 1. The number of aromatic amines is 1. The third kappa shape index (κ3) is 1.44. The summed E-state index contributed by atoms with van der Waals surface area (Å²) < 4.78 is 0. The van der Waals surface area contributed by atoms with E-state index in [4.69, 9.17) is 11.6 Å². The molecule has 4 rings (SSSR count). The predicted octanol–water partition coefficient (Wildman–Crippen LogP) is 3.44. The highest BCUT2D eigenvalue weighted by Crippen LogP contribution is 2.67. The summed E-state index contributed by atoms with van der Waals surface area (Å²) in [6.07, 6.45) is 6.16. The molecule has 2 N–H and O–H groups in total. The minimum Gasteiger partial charge on any atom is -0.388 e. The fourth-order valence-corrected chi connectivity index (χ4v) is 3.52. The molecule has 1 atom stereocenters. The average molecular weight is 263 g/mol. The van der Waals surface area contributed by atoms with E-state index in [2.05, 4.69) is 10.2 Å². The number of halogens is 1. The zero-order valence-electron chi connectivity index (χ0n) is 9.99. The molecule has 2 aliphatic carbocycles. The van der Waals surface area contributed by atoms with Crippen LogP contribution in [0.2, 0.25) is 5.02 Å². The molecule has 3 nitrogen and oxygen atoms in total. The van der Waals surface area contributed by atoms with Crippen molar-refractivity contribution in [3.8, 4) is 0 Å². The quantitative estimate of drug-likeness (QED) is 0.890. The lowest BCUT2D eigenvalue weighted by molar-refractivity contribution is 0.0800. The van der Waals surface area contributed by atoms with Crippen molar-refractivity contribution in [1.82, 2.24) is 10.2 Å². The van der Waals surface area contributed by atoms with Gasteiger partial charge in [-0.3, -0.25) is 5.10 Å². The monoisotopic (exact) mass is 262 g/mol. The van der Waals surface area contributed by atoms with Crippen LogP contribution in [0.3, 0.4) is 0 Å². The van der Waals surface area contributed by atoms with E-state index in [-0.39, 0.29) is 5.41 Å². The van der Waals surface area contributed by atoms with Gasteiger partial charge in [0, 0.05) is 21.4 Å². The van der Waals surface area contributed by atoms with E-state index in [9.17, 15) is 5.11 Å². The molecule has 0 saturated heterocycles. The first-order valence-corrected chi connectivity index (χ1v) is 6.89. The van der Waals surface area contributed by atoms with Crippen LogP contribution in [0.15, 0.2) is 18.3 Å². The Morgan fingerprint density at radius 1 is 1.39 bits per heavy atom. The Hall–Kier alpha value is -1.06. The number of nitrogens with one attached hydrogen (secondary N) is 1. The first-order valence-electron chi connectivity index (χ1n) is 6.51. The van der Waals surface area contributed by atoms with Crippen molar-refractivity contribution in [1.29, 1.82) is 0 Å². The Balaban J connectivity index is 1.83. The lowest BCUT2D eigenvalue weighted by Gasteiger charge is -2.23. The van der Waals surface area contributed by atoms with E-state index in [1.54, 1.807) is 6.20 Å². The van der Waals surface area contributed by atoms with Crippen LogP contribution >= 0.6 is 11.6 Å². The van der Waals surface area contributed by atoms with Crippen molar-refractivity contribution in [2.24, 2.45) is 11.3 Å². The van der Waals surface area contributed by atoms with Crippen LogP contribution in [-0.2, 0) is 0 Å². The molecule has 0 aliphatic heterocycles. The van der Waals surface area contributed by atoms with Gasteiger partial charge in [-0.1, -0.05) is 11.6 Å². The zero-order chi connectivity index (χ0) is 12.3. The number of rotatable bonds is 3. The van der Waals surface area contributed by atoms with Crippen molar-refractivity contribution in [3.05, 3.63) is 28.9 Å². The van der Waals surface area contributed by atoms with Crippen LogP contribution < -0.4 is 0 Å². The van der Waals surface area contributed by atoms with Gasteiger partial charge in [0.25, 0.3) is 0 Å². The molecule has 1 unspecified atom stereocenters. The number of H-pyrrole nitrogens is 1. The average Bonchev–Trinajstić information content (AvgIpc) is 3.22. The van der Waals surface area contributed by atoms with E-state index in [1.165, 1.54) is 12.8 Å². The summed E-state index contributed by atoms with van der Waals surface area (Å²) in [6.45, 7) is 0. The van der Waals surface area contributed by atoms with Crippen molar-refractivity contribution in [2.75, 3.05) is 0 Å². The van der Waals surface area contributed by atoms with E-state index in [0.29, 0.717) is 10.9 Å². The highest BCUT2D eigenvalue weighted by Gasteiger charge is 2.58. The number of aliphatic hydroxyl groups is 1. The Morgan fingerprint density at radius 3 is 2.83 bits per heavy atom. The fourth-order valence-electron chi connectivity index (χ4n) is 3.28. The van der Waals surface area contributed by atoms with Crippen LogP contribution in [0.5, 0.6) is 0 Å². The molecule has 18 heavy (non-hydrogen) atoms. The molecule has 0 amide bonds. The van der Waals surface area contributed by atoms with Crippen molar-refractivity contribution in [3.63, 3.8) is 0 Å². The number of nitrogens with zero attached hydrogens (tertiary/aromatic N) is 1. The summed E-state index contributed by atoms with van der Waals surface area (Å²) in [5.41, 5.74) is 1.97. The molecule has 2 saturated carbocycles. The fraction of sp³-hybridized carbons (Fsp3) is 0.500. The van der Waals surface area contributed by atoms with Crippen LogP contribution in [0.1, 0.15) is 37.4 Å². The summed E-state index contributed by atoms with van der Waals surface area (Å²) in [6, 6.07) is 3.77. The van der Waals surface area contributed by atoms with Gasteiger partial charge in [0.1, 0.15) is 0 Å². The molecule has 2 fully saturated rings. The van der Waals surface area contributed by atoms with Crippen molar-refractivity contribution in [2.45, 2.75) is 31.8 Å². The van der Waals surface area contributed by atoms with E-state index in [0.717, 1.165) is 29.3 Å².